The van der Waals surface area contributed by atoms with Gasteiger partial charge in [0, 0.05) is 48.4 Å². The Morgan fingerprint density at radius 3 is 2.05 bits per heavy atom. The van der Waals surface area contributed by atoms with Gasteiger partial charge < -0.3 is 15.1 Å². The van der Waals surface area contributed by atoms with E-state index in [1.165, 1.54) is 24.3 Å². The van der Waals surface area contributed by atoms with E-state index in [1.807, 2.05) is 6.07 Å². The molecule has 212 valence electrons. The monoisotopic (exact) mass is 565 g/mol. The third-order valence-electron chi connectivity index (χ3n) is 8.09. The standard InChI is InChI=1S/C34H29F2N3O3/c35-27-12-7-23(8-13-27)26-11-16-29(30(36)19-26)33(42)38-18-4-17-34(20-38)21-39(22-34)32(41)25-9-14-28(15-10-25)37-31(40)24-5-2-1-3-6-24/h1-3,5-16,19H,4,17-18,20-22H2,(H,37,40). The molecule has 0 radical (unpaired) electrons. The van der Waals surface area contributed by atoms with Crippen LogP contribution in [-0.4, -0.2) is 53.7 Å². The molecule has 2 heterocycles. The van der Waals surface area contributed by atoms with Gasteiger partial charge in [-0.05, 0) is 84.6 Å². The largest absolute Gasteiger partial charge is 0.338 e. The average molecular weight is 566 g/mol. The number of hydrogen-bond donors (Lipinski definition) is 1. The summed E-state index contributed by atoms with van der Waals surface area (Å²) in [7, 11) is 0. The van der Waals surface area contributed by atoms with Gasteiger partial charge in [-0.15, -0.1) is 0 Å². The summed E-state index contributed by atoms with van der Waals surface area (Å²) in [6, 6.07) is 25.9. The molecule has 0 atom stereocenters. The molecule has 6 rings (SSSR count). The summed E-state index contributed by atoms with van der Waals surface area (Å²) in [5, 5.41) is 2.83. The minimum absolute atomic E-state index is 0.00427. The fourth-order valence-electron chi connectivity index (χ4n) is 5.90. The van der Waals surface area contributed by atoms with E-state index in [0.717, 1.165) is 12.8 Å². The van der Waals surface area contributed by atoms with Crippen molar-refractivity contribution in [2.45, 2.75) is 12.8 Å². The first-order valence-electron chi connectivity index (χ1n) is 13.9. The Morgan fingerprint density at radius 2 is 1.36 bits per heavy atom. The van der Waals surface area contributed by atoms with Crippen molar-refractivity contribution in [1.82, 2.24) is 9.80 Å². The highest BCUT2D eigenvalue weighted by molar-refractivity contribution is 6.04. The van der Waals surface area contributed by atoms with Crippen LogP contribution in [0.5, 0.6) is 0 Å². The van der Waals surface area contributed by atoms with Crippen LogP contribution in [0.25, 0.3) is 11.1 Å². The number of hydrogen-bond acceptors (Lipinski definition) is 3. The number of likely N-dealkylation sites (tertiary alicyclic amines) is 2. The number of nitrogens with one attached hydrogen (secondary N) is 1. The molecular formula is C34H29F2N3O3. The van der Waals surface area contributed by atoms with E-state index in [2.05, 4.69) is 5.32 Å². The number of halogens is 2. The van der Waals surface area contributed by atoms with Gasteiger partial charge in [0.15, 0.2) is 0 Å². The highest BCUT2D eigenvalue weighted by Gasteiger charge is 2.48. The summed E-state index contributed by atoms with van der Waals surface area (Å²) in [5.41, 5.74) is 2.70. The normalized spacial score (nSPS) is 15.7. The first-order valence-corrected chi connectivity index (χ1v) is 13.9. The van der Waals surface area contributed by atoms with E-state index in [9.17, 15) is 18.8 Å². The van der Waals surface area contributed by atoms with Gasteiger partial charge in [0.25, 0.3) is 17.7 Å². The van der Waals surface area contributed by atoms with Crippen molar-refractivity contribution in [3.63, 3.8) is 0 Å². The first kappa shape index (κ1) is 27.3. The van der Waals surface area contributed by atoms with Gasteiger partial charge in [-0.3, -0.25) is 14.4 Å². The fourth-order valence-corrected chi connectivity index (χ4v) is 5.90. The number of amides is 3. The van der Waals surface area contributed by atoms with Gasteiger partial charge in [0.2, 0.25) is 0 Å². The number of nitrogens with zero attached hydrogens (tertiary/aromatic N) is 2. The smallest absolute Gasteiger partial charge is 0.256 e. The second-order valence-corrected chi connectivity index (χ2v) is 11.1. The Labute approximate surface area is 242 Å². The zero-order valence-electron chi connectivity index (χ0n) is 22.9. The number of benzene rings is 4. The highest BCUT2D eigenvalue weighted by atomic mass is 19.1. The maximum atomic E-state index is 15.1. The van der Waals surface area contributed by atoms with Gasteiger partial charge in [0.1, 0.15) is 11.6 Å². The quantitative estimate of drug-likeness (QED) is 0.311. The molecular weight excluding hydrogens is 536 g/mol. The van der Waals surface area contributed by atoms with Crippen LogP contribution >= 0.6 is 0 Å². The summed E-state index contributed by atoms with van der Waals surface area (Å²) in [4.78, 5) is 42.3. The number of carbonyl (C=O) groups is 3. The Hall–Kier alpha value is -4.85. The molecule has 0 bridgehead atoms. The maximum absolute atomic E-state index is 15.1. The van der Waals surface area contributed by atoms with Gasteiger partial charge in [-0.2, -0.15) is 0 Å². The molecule has 2 aliphatic rings. The summed E-state index contributed by atoms with van der Waals surface area (Å²) in [6.45, 7) is 2.03. The number of carbonyl (C=O) groups excluding carboxylic acids is 3. The van der Waals surface area contributed by atoms with Crippen LogP contribution in [0.3, 0.4) is 0 Å². The third kappa shape index (κ3) is 5.52. The molecule has 8 heteroatoms. The minimum Gasteiger partial charge on any atom is -0.338 e. The van der Waals surface area contributed by atoms with Gasteiger partial charge >= 0.3 is 0 Å². The van der Waals surface area contributed by atoms with Crippen molar-refractivity contribution in [3.8, 4) is 11.1 Å². The molecule has 0 saturated carbocycles. The molecule has 1 N–H and O–H groups in total. The molecule has 0 aromatic heterocycles. The van der Waals surface area contributed by atoms with E-state index in [1.54, 1.807) is 76.5 Å². The lowest BCUT2D eigenvalue weighted by atomic mass is 9.73. The lowest BCUT2D eigenvalue weighted by Gasteiger charge is -2.54. The maximum Gasteiger partial charge on any atom is 0.256 e. The van der Waals surface area contributed by atoms with E-state index >= 15 is 4.39 Å². The van der Waals surface area contributed by atoms with Crippen molar-refractivity contribution in [2.75, 3.05) is 31.5 Å². The van der Waals surface area contributed by atoms with E-state index in [4.69, 9.17) is 0 Å². The van der Waals surface area contributed by atoms with Crippen molar-refractivity contribution in [1.29, 1.82) is 0 Å². The molecule has 2 saturated heterocycles. The lowest BCUT2D eigenvalue weighted by Crippen LogP contribution is -2.64. The third-order valence-corrected chi connectivity index (χ3v) is 8.09. The Morgan fingerprint density at radius 1 is 0.690 bits per heavy atom. The predicted molar refractivity (Wildman–Crippen MR) is 156 cm³/mol. The summed E-state index contributed by atoms with van der Waals surface area (Å²) < 4.78 is 28.3. The highest BCUT2D eigenvalue weighted by Crippen LogP contribution is 2.40. The number of anilines is 1. The summed E-state index contributed by atoms with van der Waals surface area (Å²) >= 11 is 0. The number of piperidine rings is 1. The molecule has 6 nitrogen and oxygen atoms in total. The minimum atomic E-state index is -0.615. The zero-order chi connectivity index (χ0) is 29.3. The SMILES string of the molecule is O=C(Nc1ccc(C(=O)N2CC3(CCCN(C(=O)c4ccc(-c5ccc(F)cc5)cc4F)C3)C2)cc1)c1ccccc1. The second-order valence-electron chi connectivity index (χ2n) is 11.1. The van der Waals surface area contributed by atoms with Crippen LogP contribution < -0.4 is 5.32 Å². The van der Waals surface area contributed by atoms with E-state index in [0.29, 0.717) is 54.1 Å². The molecule has 0 unspecified atom stereocenters. The average Bonchev–Trinajstić information content (AvgIpc) is 3.00. The van der Waals surface area contributed by atoms with Crippen LogP contribution in [-0.2, 0) is 0 Å². The van der Waals surface area contributed by atoms with Crippen LogP contribution in [0.2, 0.25) is 0 Å². The molecule has 42 heavy (non-hydrogen) atoms. The van der Waals surface area contributed by atoms with Gasteiger partial charge in [-0.1, -0.05) is 36.4 Å². The zero-order valence-corrected chi connectivity index (χ0v) is 22.9. The van der Waals surface area contributed by atoms with Crippen LogP contribution in [0.4, 0.5) is 14.5 Å². The van der Waals surface area contributed by atoms with Crippen molar-refractivity contribution >= 4 is 23.4 Å². The van der Waals surface area contributed by atoms with Crippen LogP contribution in [0.15, 0.2) is 97.1 Å². The molecule has 2 aliphatic heterocycles. The van der Waals surface area contributed by atoms with Crippen LogP contribution in [0, 0.1) is 17.0 Å². The van der Waals surface area contributed by atoms with Gasteiger partial charge in [0.05, 0.1) is 5.56 Å². The molecule has 1 spiro atoms. The molecule has 2 fully saturated rings. The first-order chi connectivity index (χ1) is 20.3. The Balaban J connectivity index is 1.06. The molecule has 4 aromatic carbocycles. The topological polar surface area (TPSA) is 69.7 Å². The van der Waals surface area contributed by atoms with Gasteiger partial charge in [-0.25, -0.2) is 8.78 Å². The number of rotatable bonds is 5. The van der Waals surface area contributed by atoms with Crippen molar-refractivity contribution in [3.05, 3.63) is 125 Å². The summed E-state index contributed by atoms with van der Waals surface area (Å²) in [6.07, 6.45) is 1.66. The molecule has 0 aliphatic carbocycles. The second kappa shape index (κ2) is 11.2. The van der Waals surface area contributed by atoms with Crippen LogP contribution in [0.1, 0.15) is 43.9 Å². The summed E-state index contributed by atoms with van der Waals surface area (Å²) in [5.74, 6) is -1.68. The lowest BCUT2D eigenvalue weighted by molar-refractivity contribution is -0.0339. The molecule has 3 amide bonds. The fraction of sp³-hybridized carbons (Fsp3) is 0.206. The van der Waals surface area contributed by atoms with E-state index < -0.39 is 5.82 Å². The Bertz CT molecular complexity index is 1630. The Kier molecular flexibility index (Phi) is 7.29. The van der Waals surface area contributed by atoms with Crippen molar-refractivity contribution < 1.29 is 23.2 Å². The van der Waals surface area contributed by atoms with Crippen molar-refractivity contribution in [2.24, 2.45) is 5.41 Å². The molecule has 4 aromatic rings. The van der Waals surface area contributed by atoms with E-state index in [-0.39, 0.29) is 34.5 Å². The predicted octanol–water partition coefficient (Wildman–Crippen LogP) is 6.26.